The number of hydrogen-bond donors (Lipinski definition) is 2. The van der Waals surface area contributed by atoms with Crippen molar-refractivity contribution in [2.24, 2.45) is 5.92 Å². The van der Waals surface area contributed by atoms with E-state index in [-0.39, 0.29) is 17.9 Å². The number of amides is 1. The number of piperidine rings is 1. The Morgan fingerprint density at radius 3 is 3.33 bits per heavy atom. The molecule has 2 unspecified atom stereocenters. The number of thiazole rings is 1. The fourth-order valence-electron chi connectivity index (χ4n) is 3.60. The molecule has 0 bridgehead atoms. The van der Waals surface area contributed by atoms with Gasteiger partial charge >= 0.3 is 0 Å². The van der Waals surface area contributed by atoms with E-state index in [4.69, 9.17) is 4.98 Å². The molecule has 2 aliphatic rings. The molecule has 2 saturated heterocycles. The zero-order chi connectivity index (χ0) is 14.4. The third-order valence-electron chi connectivity index (χ3n) is 4.56. The Hall–Kier alpha value is -1.60. The SMILES string of the molecule is CNCc1c(N2CCCC3C(=O)NCC32)nc2sccn12. The van der Waals surface area contributed by atoms with Crippen LogP contribution in [0.15, 0.2) is 11.6 Å². The zero-order valence-electron chi connectivity index (χ0n) is 12.0. The van der Waals surface area contributed by atoms with E-state index in [1.165, 1.54) is 5.69 Å². The van der Waals surface area contributed by atoms with E-state index in [0.717, 1.165) is 43.3 Å². The number of rotatable bonds is 3. The minimum Gasteiger partial charge on any atom is -0.354 e. The van der Waals surface area contributed by atoms with Crippen molar-refractivity contribution in [3.8, 4) is 0 Å². The number of carbonyl (C=O) groups is 1. The van der Waals surface area contributed by atoms with Crippen LogP contribution in [0.2, 0.25) is 0 Å². The lowest BCUT2D eigenvalue weighted by atomic mass is 9.91. The second kappa shape index (κ2) is 4.99. The summed E-state index contributed by atoms with van der Waals surface area (Å²) in [5.41, 5.74) is 1.19. The van der Waals surface area contributed by atoms with Gasteiger partial charge in [-0.1, -0.05) is 0 Å². The molecule has 1 amide bonds. The van der Waals surface area contributed by atoms with Gasteiger partial charge in [0.1, 0.15) is 0 Å². The van der Waals surface area contributed by atoms with Crippen molar-refractivity contribution >= 4 is 28.0 Å². The van der Waals surface area contributed by atoms with Crippen LogP contribution in [0.1, 0.15) is 18.5 Å². The van der Waals surface area contributed by atoms with E-state index in [0.29, 0.717) is 0 Å². The molecule has 0 aliphatic carbocycles. The first kappa shape index (κ1) is 13.1. The van der Waals surface area contributed by atoms with E-state index >= 15 is 0 Å². The van der Waals surface area contributed by atoms with E-state index in [2.05, 4.69) is 31.5 Å². The normalized spacial score (nSPS) is 25.4. The third-order valence-corrected chi connectivity index (χ3v) is 5.31. The fraction of sp³-hybridized carbons (Fsp3) is 0.571. The Morgan fingerprint density at radius 2 is 2.48 bits per heavy atom. The molecule has 2 aromatic rings. The van der Waals surface area contributed by atoms with Crippen LogP contribution in [0.5, 0.6) is 0 Å². The molecule has 0 spiro atoms. The second-order valence-corrected chi connectivity index (χ2v) is 6.60. The molecule has 4 heterocycles. The third kappa shape index (κ3) is 1.95. The number of fused-ring (bicyclic) bond motifs is 2. The monoisotopic (exact) mass is 305 g/mol. The molecule has 2 atom stereocenters. The Balaban J connectivity index is 1.76. The molecule has 2 aliphatic heterocycles. The first-order valence-corrected chi connectivity index (χ1v) is 8.31. The molecule has 2 fully saturated rings. The predicted molar refractivity (Wildman–Crippen MR) is 82.7 cm³/mol. The smallest absolute Gasteiger partial charge is 0.225 e. The maximum absolute atomic E-state index is 11.9. The van der Waals surface area contributed by atoms with Crippen LogP contribution < -0.4 is 15.5 Å². The Bertz CT molecular complexity index is 678. The molecule has 0 radical (unpaired) electrons. The van der Waals surface area contributed by atoms with Crippen LogP contribution in [0, 0.1) is 5.92 Å². The van der Waals surface area contributed by atoms with Crippen molar-refractivity contribution in [3.05, 3.63) is 17.3 Å². The predicted octanol–water partition coefficient (Wildman–Crippen LogP) is 0.830. The van der Waals surface area contributed by atoms with E-state index in [9.17, 15) is 4.79 Å². The Morgan fingerprint density at radius 1 is 1.57 bits per heavy atom. The molecular formula is C14H19N5OS. The van der Waals surface area contributed by atoms with Gasteiger partial charge in [-0.15, -0.1) is 11.3 Å². The molecule has 0 aromatic carbocycles. The van der Waals surface area contributed by atoms with Gasteiger partial charge in [0.05, 0.1) is 17.7 Å². The maximum Gasteiger partial charge on any atom is 0.225 e. The van der Waals surface area contributed by atoms with E-state index in [1.54, 1.807) is 11.3 Å². The minimum atomic E-state index is 0.126. The number of aromatic nitrogens is 2. The van der Waals surface area contributed by atoms with Crippen molar-refractivity contribution in [1.29, 1.82) is 0 Å². The maximum atomic E-state index is 11.9. The lowest BCUT2D eigenvalue weighted by Gasteiger charge is -2.36. The summed E-state index contributed by atoms with van der Waals surface area (Å²) in [4.78, 5) is 20.1. The van der Waals surface area contributed by atoms with Gasteiger partial charge in [-0.25, -0.2) is 4.98 Å². The quantitative estimate of drug-likeness (QED) is 0.882. The average molecular weight is 305 g/mol. The number of carbonyl (C=O) groups excluding carboxylic acids is 1. The summed E-state index contributed by atoms with van der Waals surface area (Å²) in [5, 5.41) is 8.31. The molecule has 2 aromatic heterocycles. The number of nitrogens with zero attached hydrogens (tertiary/aromatic N) is 3. The van der Waals surface area contributed by atoms with Gasteiger partial charge in [0, 0.05) is 31.2 Å². The van der Waals surface area contributed by atoms with Gasteiger partial charge in [0.25, 0.3) is 0 Å². The Kier molecular flexibility index (Phi) is 3.11. The summed E-state index contributed by atoms with van der Waals surface area (Å²) in [6.07, 6.45) is 4.12. The van der Waals surface area contributed by atoms with Crippen LogP contribution in [-0.2, 0) is 11.3 Å². The van der Waals surface area contributed by atoms with E-state index < -0.39 is 0 Å². The summed E-state index contributed by atoms with van der Waals surface area (Å²) >= 11 is 1.65. The standard InChI is InChI=1S/C14H19N5OS/c1-15-7-11-12(17-14-19(11)5-6-21-14)18-4-2-3-9-10(18)8-16-13(9)20/h5-6,9-10,15H,2-4,7-8H2,1H3,(H,16,20). The van der Waals surface area contributed by atoms with Gasteiger partial charge < -0.3 is 15.5 Å². The van der Waals surface area contributed by atoms with E-state index in [1.807, 2.05) is 7.05 Å². The molecule has 2 N–H and O–H groups in total. The first-order valence-electron chi connectivity index (χ1n) is 7.43. The molecule has 7 heteroatoms. The second-order valence-electron chi connectivity index (χ2n) is 5.72. The summed E-state index contributed by atoms with van der Waals surface area (Å²) in [6, 6.07) is 0.256. The van der Waals surface area contributed by atoms with Crippen LogP contribution in [0.3, 0.4) is 0 Å². The van der Waals surface area contributed by atoms with Gasteiger partial charge in [0.2, 0.25) is 5.91 Å². The number of imidazole rings is 1. The molecule has 6 nitrogen and oxygen atoms in total. The van der Waals surface area contributed by atoms with Gasteiger partial charge in [-0.2, -0.15) is 0 Å². The van der Waals surface area contributed by atoms with Gasteiger partial charge in [0.15, 0.2) is 10.8 Å². The molecule has 0 saturated carbocycles. The highest BCUT2D eigenvalue weighted by Crippen LogP contribution is 2.34. The largest absolute Gasteiger partial charge is 0.354 e. The van der Waals surface area contributed by atoms with Crippen LogP contribution in [-0.4, -0.2) is 41.5 Å². The van der Waals surface area contributed by atoms with Crippen molar-refractivity contribution < 1.29 is 4.79 Å². The van der Waals surface area contributed by atoms with Crippen molar-refractivity contribution in [2.75, 3.05) is 25.0 Å². The van der Waals surface area contributed by atoms with Gasteiger partial charge in [-0.3, -0.25) is 9.20 Å². The van der Waals surface area contributed by atoms with Crippen LogP contribution in [0.25, 0.3) is 4.96 Å². The number of anilines is 1. The Labute approximate surface area is 127 Å². The van der Waals surface area contributed by atoms with Crippen LogP contribution in [0.4, 0.5) is 5.82 Å². The lowest BCUT2D eigenvalue weighted by Crippen LogP contribution is -2.46. The molecule has 112 valence electrons. The highest BCUT2D eigenvalue weighted by Gasteiger charge is 2.42. The zero-order valence-corrected chi connectivity index (χ0v) is 12.8. The summed E-state index contributed by atoms with van der Waals surface area (Å²) < 4.78 is 2.16. The number of nitrogens with one attached hydrogen (secondary N) is 2. The van der Waals surface area contributed by atoms with Crippen LogP contribution >= 0.6 is 11.3 Å². The highest BCUT2D eigenvalue weighted by molar-refractivity contribution is 7.15. The minimum absolute atomic E-state index is 0.126. The van der Waals surface area contributed by atoms with Crippen molar-refractivity contribution in [1.82, 2.24) is 20.0 Å². The molecular weight excluding hydrogens is 286 g/mol. The summed E-state index contributed by atoms with van der Waals surface area (Å²) in [5.74, 6) is 1.38. The number of hydrogen-bond acceptors (Lipinski definition) is 5. The topological polar surface area (TPSA) is 61.7 Å². The van der Waals surface area contributed by atoms with Gasteiger partial charge in [-0.05, 0) is 19.9 Å². The van der Waals surface area contributed by atoms with Crippen molar-refractivity contribution in [2.45, 2.75) is 25.4 Å². The summed E-state index contributed by atoms with van der Waals surface area (Å²) in [6.45, 7) is 2.51. The summed E-state index contributed by atoms with van der Waals surface area (Å²) in [7, 11) is 1.95. The average Bonchev–Trinajstić information content (AvgIpc) is 3.16. The fourth-order valence-corrected chi connectivity index (χ4v) is 4.33. The highest BCUT2D eigenvalue weighted by atomic mass is 32.1. The molecule has 4 rings (SSSR count). The van der Waals surface area contributed by atoms with Crippen molar-refractivity contribution in [3.63, 3.8) is 0 Å². The first-order chi connectivity index (χ1) is 10.3. The lowest BCUT2D eigenvalue weighted by molar-refractivity contribution is -0.122. The molecule has 21 heavy (non-hydrogen) atoms.